The highest BCUT2D eigenvalue weighted by molar-refractivity contribution is 5.79. The first-order valence-corrected chi connectivity index (χ1v) is 11.8. The van der Waals surface area contributed by atoms with Crippen molar-refractivity contribution in [3.8, 4) is 5.75 Å². The van der Waals surface area contributed by atoms with Gasteiger partial charge in [0.25, 0.3) is 5.91 Å². The summed E-state index contributed by atoms with van der Waals surface area (Å²) in [5, 5.41) is 9.72. The van der Waals surface area contributed by atoms with Crippen molar-refractivity contribution >= 4 is 11.9 Å². The van der Waals surface area contributed by atoms with Gasteiger partial charge in [-0.15, -0.1) is 0 Å². The second-order valence-electron chi connectivity index (χ2n) is 8.83. The number of benzene rings is 1. The number of ether oxygens (including phenoxy) is 1. The quantitative estimate of drug-likeness (QED) is 0.286. The molecular weight excluding hydrogens is 390 g/mol. The lowest BCUT2D eigenvalue weighted by Crippen LogP contribution is -2.40. The lowest BCUT2D eigenvalue weighted by atomic mass is 9.99. The van der Waals surface area contributed by atoms with E-state index in [1.54, 1.807) is 0 Å². The topological polar surface area (TPSA) is 78.0 Å². The molecule has 0 unspecified atom stereocenters. The number of nitrogens with zero attached hydrogens (tertiary/aromatic N) is 2. The highest BCUT2D eigenvalue weighted by Crippen LogP contribution is 2.18. The molecule has 31 heavy (non-hydrogen) atoms. The monoisotopic (exact) mass is 429 g/mol. The van der Waals surface area contributed by atoms with Gasteiger partial charge in [0.15, 0.2) is 12.6 Å². The molecule has 2 fully saturated rings. The molecule has 3 N–H and O–H groups in total. The van der Waals surface area contributed by atoms with Crippen LogP contribution in [0.5, 0.6) is 5.75 Å². The lowest BCUT2D eigenvalue weighted by Gasteiger charge is -2.30. The van der Waals surface area contributed by atoms with E-state index in [1.165, 1.54) is 31.5 Å². The minimum Gasteiger partial charge on any atom is -0.484 e. The molecule has 0 atom stereocenters. The zero-order chi connectivity index (χ0) is 21.9. The number of guanidine groups is 1. The van der Waals surface area contributed by atoms with Gasteiger partial charge in [-0.2, -0.15) is 0 Å². The van der Waals surface area contributed by atoms with Gasteiger partial charge in [0.2, 0.25) is 0 Å². The molecule has 3 rings (SSSR count). The highest BCUT2D eigenvalue weighted by Gasteiger charge is 2.23. The molecule has 1 aliphatic carbocycles. The van der Waals surface area contributed by atoms with Gasteiger partial charge >= 0.3 is 0 Å². The molecule has 0 bridgehead atoms. The van der Waals surface area contributed by atoms with E-state index in [2.05, 4.69) is 32.8 Å². The van der Waals surface area contributed by atoms with Crippen LogP contribution in [0.15, 0.2) is 29.3 Å². The summed E-state index contributed by atoms with van der Waals surface area (Å²) < 4.78 is 5.56. The predicted octanol–water partition coefficient (Wildman–Crippen LogP) is 2.17. The van der Waals surface area contributed by atoms with Crippen LogP contribution < -0.4 is 20.7 Å². The number of nitrogens with one attached hydrogen (secondary N) is 3. The van der Waals surface area contributed by atoms with E-state index in [0.717, 1.165) is 62.9 Å². The molecular formula is C24H39N5O2. The van der Waals surface area contributed by atoms with Gasteiger partial charge in [-0.25, -0.2) is 0 Å². The molecule has 1 aliphatic heterocycles. The van der Waals surface area contributed by atoms with Crippen LogP contribution in [-0.2, 0) is 11.2 Å². The van der Waals surface area contributed by atoms with Crippen LogP contribution >= 0.6 is 0 Å². The minimum absolute atomic E-state index is 0.0415. The summed E-state index contributed by atoms with van der Waals surface area (Å²) in [5.41, 5.74) is 1.22. The van der Waals surface area contributed by atoms with E-state index in [9.17, 15) is 4.79 Å². The molecule has 0 spiro atoms. The number of likely N-dealkylation sites (tertiary alicyclic amines) is 1. The molecule has 0 radical (unpaired) electrons. The van der Waals surface area contributed by atoms with Crippen molar-refractivity contribution in [2.45, 2.75) is 51.5 Å². The second kappa shape index (κ2) is 12.5. The Morgan fingerprint density at radius 3 is 2.48 bits per heavy atom. The van der Waals surface area contributed by atoms with Gasteiger partial charge in [0.1, 0.15) is 5.75 Å². The molecule has 1 saturated heterocycles. The van der Waals surface area contributed by atoms with Gasteiger partial charge in [-0.1, -0.05) is 19.1 Å². The molecule has 172 valence electrons. The Kier molecular flexibility index (Phi) is 9.46. The number of piperidine rings is 1. The predicted molar refractivity (Wildman–Crippen MR) is 126 cm³/mol. The number of aliphatic imine (C=N–C) groups is 1. The molecule has 1 saturated carbocycles. The Hall–Kier alpha value is -2.28. The summed E-state index contributed by atoms with van der Waals surface area (Å²) in [7, 11) is 1.81. The summed E-state index contributed by atoms with van der Waals surface area (Å²) in [6, 6.07) is 8.31. The summed E-state index contributed by atoms with van der Waals surface area (Å²) >= 11 is 0. The first-order chi connectivity index (χ1) is 15.1. The van der Waals surface area contributed by atoms with Gasteiger partial charge in [0, 0.05) is 26.2 Å². The normalized spacial score (nSPS) is 17.9. The van der Waals surface area contributed by atoms with Crippen LogP contribution in [0, 0.1) is 5.92 Å². The largest absolute Gasteiger partial charge is 0.484 e. The van der Waals surface area contributed by atoms with Gasteiger partial charge < -0.3 is 25.6 Å². The van der Waals surface area contributed by atoms with Crippen LogP contribution in [0.1, 0.15) is 44.6 Å². The first kappa shape index (κ1) is 23.4. The Balaban J connectivity index is 1.25. The molecule has 7 heteroatoms. The fourth-order valence-corrected chi connectivity index (χ4v) is 3.74. The number of rotatable bonds is 11. The van der Waals surface area contributed by atoms with E-state index >= 15 is 0 Å². The minimum atomic E-state index is -0.0415. The average molecular weight is 430 g/mol. The fraction of sp³-hybridized carbons (Fsp3) is 0.667. The van der Waals surface area contributed by atoms with Crippen molar-refractivity contribution in [3.05, 3.63) is 29.8 Å². The Morgan fingerprint density at radius 1 is 1.10 bits per heavy atom. The Bertz CT molecular complexity index is 694. The van der Waals surface area contributed by atoms with E-state index in [-0.39, 0.29) is 12.5 Å². The second-order valence-corrected chi connectivity index (χ2v) is 8.83. The first-order valence-electron chi connectivity index (χ1n) is 11.8. The van der Waals surface area contributed by atoms with Gasteiger partial charge in [0.05, 0.1) is 0 Å². The third-order valence-electron chi connectivity index (χ3n) is 5.99. The molecule has 7 nitrogen and oxygen atoms in total. The standard InChI is InChI=1S/C24H39N5O2/c1-19-11-16-29(17-12-19)15-3-13-26-24(25-2)27-14-10-20-4-8-22(9-5-20)31-18-23(30)28-21-6-7-21/h4-5,8-9,19,21H,3,6-7,10-18H2,1-2H3,(H,28,30)(H2,25,26,27). The molecule has 0 aromatic heterocycles. The van der Waals surface area contributed by atoms with E-state index in [1.807, 2.05) is 31.3 Å². The zero-order valence-corrected chi connectivity index (χ0v) is 19.2. The molecule has 1 aromatic rings. The summed E-state index contributed by atoms with van der Waals surface area (Å²) in [4.78, 5) is 18.6. The number of hydrogen-bond donors (Lipinski definition) is 3. The van der Waals surface area contributed by atoms with Crippen molar-refractivity contribution in [2.75, 3.05) is 46.4 Å². The van der Waals surface area contributed by atoms with E-state index < -0.39 is 0 Å². The van der Waals surface area contributed by atoms with Crippen LogP contribution in [0.3, 0.4) is 0 Å². The van der Waals surface area contributed by atoms with Crippen molar-refractivity contribution in [3.63, 3.8) is 0 Å². The molecule has 1 heterocycles. The van der Waals surface area contributed by atoms with Crippen molar-refractivity contribution in [1.82, 2.24) is 20.9 Å². The zero-order valence-electron chi connectivity index (χ0n) is 19.2. The van der Waals surface area contributed by atoms with Crippen molar-refractivity contribution < 1.29 is 9.53 Å². The number of amides is 1. The van der Waals surface area contributed by atoms with Crippen LogP contribution in [-0.4, -0.2) is 69.2 Å². The molecule has 2 aliphatic rings. The van der Waals surface area contributed by atoms with Crippen molar-refractivity contribution in [1.29, 1.82) is 0 Å². The van der Waals surface area contributed by atoms with Gasteiger partial charge in [-0.05, 0) is 81.8 Å². The summed E-state index contributed by atoms with van der Waals surface area (Å²) in [5.74, 6) is 2.43. The summed E-state index contributed by atoms with van der Waals surface area (Å²) in [6.45, 7) is 7.83. The lowest BCUT2D eigenvalue weighted by molar-refractivity contribution is -0.123. The Morgan fingerprint density at radius 2 is 1.81 bits per heavy atom. The SMILES string of the molecule is CN=C(NCCCN1CCC(C)CC1)NCCc1ccc(OCC(=O)NC2CC2)cc1. The van der Waals surface area contributed by atoms with E-state index in [4.69, 9.17) is 4.74 Å². The van der Waals surface area contributed by atoms with E-state index in [0.29, 0.717) is 6.04 Å². The number of carbonyl (C=O) groups excluding carboxylic acids is 1. The maximum Gasteiger partial charge on any atom is 0.258 e. The summed E-state index contributed by atoms with van der Waals surface area (Å²) in [6.07, 6.45) is 6.88. The number of hydrogen-bond acceptors (Lipinski definition) is 4. The smallest absolute Gasteiger partial charge is 0.258 e. The Labute approximate surface area is 187 Å². The van der Waals surface area contributed by atoms with Crippen LogP contribution in [0.25, 0.3) is 0 Å². The fourth-order valence-electron chi connectivity index (χ4n) is 3.74. The highest BCUT2D eigenvalue weighted by atomic mass is 16.5. The maximum absolute atomic E-state index is 11.7. The van der Waals surface area contributed by atoms with Crippen molar-refractivity contribution in [2.24, 2.45) is 10.9 Å². The van der Waals surface area contributed by atoms with Gasteiger partial charge in [-0.3, -0.25) is 9.79 Å². The van der Waals surface area contributed by atoms with Crippen LogP contribution in [0.4, 0.5) is 0 Å². The molecule has 1 aromatic carbocycles. The maximum atomic E-state index is 11.7. The van der Waals surface area contributed by atoms with Crippen LogP contribution in [0.2, 0.25) is 0 Å². The number of carbonyl (C=O) groups is 1. The average Bonchev–Trinajstić information content (AvgIpc) is 3.60. The third kappa shape index (κ3) is 9.17. The third-order valence-corrected chi connectivity index (χ3v) is 5.99. The molecule has 1 amide bonds.